The van der Waals surface area contributed by atoms with Crippen LogP contribution in [-0.4, -0.2) is 26.1 Å². The maximum Gasteiger partial charge on any atom is 0.226 e. The summed E-state index contributed by atoms with van der Waals surface area (Å²) in [7, 11) is 0. The molecule has 0 saturated heterocycles. The standard InChI is InChI=1S/C16H18F2N6/c1-2-3-6-20-16-22-14(19)13-15(23-16)24(9-21-13)8-10-4-5-11(17)12(18)7-10/h4-5,7,9H,2-3,6,8H2,1H3,(H3,19,20,22,23). The fourth-order valence-corrected chi connectivity index (χ4v) is 2.37. The zero-order valence-electron chi connectivity index (χ0n) is 13.3. The zero-order valence-corrected chi connectivity index (χ0v) is 13.3. The molecular formula is C16H18F2N6. The van der Waals surface area contributed by atoms with Crippen LogP contribution in [0, 0.1) is 11.6 Å². The molecule has 0 atom stereocenters. The van der Waals surface area contributed by atoms with E-state index in [1.807, 2.05) is 0 Å². The number of nitrogens with two attached hydrogens (primary N) is 1. The molecule has 1 aromatic carbocycles. The molecule has 0 amide bonds. The summed E-state index contributed by atoms with van der Waals surface area (Å²) in [5, 5.41) is 3.12. The molecule has 8 heteroatoms. The molecule has 0 aliphatic heterocycles. The molecule has 0 saturated carbocycles. The van der Waals surface area contributed by atoms with Gasteiger partial charge in [-0.25, -0.2) is 13.8 Å². The Labute approximate surface area is 137 Å². The summed E-state index contributed by atoms with van der Waals surface area (Å²) in [5.41, 5.74) is 7.57. The van der Waals surface area contributed by atoms with E-state index in [0.29, 0.717) is 29.2 Å². The van der Waals surface area contributed by atoms with Crippen molar-refractivity contribution in [3.63, 3.8) is 0 Å². The van der Waals surface area contributed by atoms with Gasteiger partial charge < -0.3 is 15.6 Å². The van der Waals surface area contributed by atoms with Gasteiger partial charge in [0.25, 0.3) is 0 Å². The van der Waals surface area contributed by atoms with Gasteiger partial charge in [0.2, 0.25) is 5.95 Å². The number of benzene rings is 1. The number of rotatable bonds is 6. The number of hydrogen-bond donors (Lipinski definition) is 2. The quantitative estimate of drug-likeness (QED) is 0.678. The average Bonchev–Trinajstić information content (AvgIpc) is 2.95. The fourth-order valence-electron chi connectivity index (χ4n) is 2.37. The van der Waals surface area contributed by atoms with Gasteiger partial charge in [-0.3, -0.25) is 0 Å². The number of unbranched alkanes of at least 4 members (excludes halogenated alkanes) is 1. The number of hydrogen-bond acceptors (Lipinski definition) is 5. The zero-order chi connectivity index (χ0) is 17.1. The number of nitrogen functional groups attached to an aromatic ring is 1. The minimum Gasteiger partial charge on any atom is -0.382 e. The van der Waals surface area contributed by atoms with Crippen LogP contribution in [-0.2, 0) is 6.54 Å². The predicted molar refractivity (Wildman–Crippen MR) is 88.6 cm³/mol. The first-order chi connectivity index (χ1) is 11.6. The van der Waals surface area contributed by atoms with Gasteiger partial charge in [-0.2, -0.15) is 9.97 Å². The first kappa shape index (κ1) is 16.1. The molecule has 3 N–H and O–H groups in total. The van der Waals surface area contributed by atoms with Crippen molar-refractivity contribution < 1.29 is 8.78 Å². The van der Waals surface area contributed by atoms with Crippen molar-refractivity contribution in [2.75, 3.05) is 17.6 Å². The van der Waals surface area contributed by atoms with Crippen LogP contribution in [0.4, 0.5) is 20.5 Å². The molecule has 0 radical (unpaired) electrons. The highest BCUT2D eigenvalue weighted by atomic mass is 19.2. The summed E-state index contributed by atoms with van der Waals surface area (Å²) in [6.07, 6.45) is 3.61. The Bertz CT molecular complexity index is 861. The largest absolute Gasteiger partial charge is 0.382 e. The summed E-state index contributed by atoms with van der Waals surface area (Å²) in [6.45, 7) is 3.15. The van der Waals surface area contributed by atoms with Crippen molar-refractivity contribution in [3.05, 3.63) is 41.7 Å². The second-order valence-electron chi connectivity index (χ2n) is 5.51. The monoisotopic (exact) mass is 332 g/mol. The van der Waals surface area contributed by atoms with Crippen LogP contribution < -0.4 is 11.1 Å². The second-order valence-corrected chi connectivity index (χ2v) is 5.51. The van der Waals surface area contributed by atoms with E-state index in [2.05, 4.69) is 27.2 Å². The van der Waals surface area contributed by atoms with E-state index in [1.165, 1.54) is 6.07 Å². The Hall–Kier alpha value is -2.77. The van der Waals surface area contributed by atoms with Crippen molar-refractivity contribution in [2.45, 2.75) is 26.3 Å². The summed E-state index contributed by atoms with van der Waals surface area (Å²) in [5.74, 6) is -1.04. The number of nitrogens with zero attached hydrogens (tertiary/aromatic N) is 4. The Kier molecular flexibility index (Phi) is 4.54. The van der Waals surface area contributed by atoms with Crippen LogP contribution in [0.15, 0.2) is 24.5 Å². The first-order valence-electron chi connectivity index (χ1n) is 7.74. The molecule has 2 heterocycles. The van der Waals surface area contributed by atoms with Gasteiger partial charge in [-0.1, -0.05) is 19.4 Å². The van der Waals surface area contributed by atoms with Crippen LogP contribution in [0.5, 0.6) is 0 Å². The van der Waals surface area contributed by atoms with Gasteiger partial charge in [-0.15, -0.1) is 0 Å². The van der Waals surface area contributed by atoms with E-state index in [4.69, 9.17) is 5.73 Å². The minimum atomic E-state index is -0.881. The second kappa shape index (κ2) is 6.77. The number of nitrogens with one attached hydrogen (secondary N) is 1. The minimum absolute atomic E-state index is 0.281. The van der Waals surface area contributed by atoms with Gasteiger partial charge in [-0.05, 0) is 24.1 Å². The van der Waals surface area contributed by atoms with Gasteiger partial charge in [0, 0.05) is 6.54 Å². The number of halogens is 2. The fraction of sp³-hybridized carbons (Fsp3) is 0.312. The van der Waals surface area contributed by atoms with Crippen LogP contribution in [0.1, 0.15) is 25.3 Å². The Morgan fingerprint density at radius 2 is 2.04 bits per heavy atom. The molecule has 0 fully saturated rings. The Morgan fingerprint density at radius 3 is 2.79 bits per heavy atom. The molecule has 126 valence electrons. The van der Waals surface area contributed by atoms with Gasteiger partial charge in [0.05, 0.1) is 12.9 Å². The smallest absolute Gasteiger partial charge is 0.226 e. The predicted octanol–water partition coefficient (Wildman–Crippen LogP) is 2.95. The molecular weight excluding hydrogens is 314 g/mol. The Balaban J connectivity index is 1.91. The number of anilines is 2. The van der Waals surface area contributed by atoms with E-state index in [0.717, 1.165) is 31.5 Å². The van der Waals surface area contributed by atoms with Crippen LogP contribution in [0.25, 0.3) is 11.2 Å². The lowest BCUT2D eigenvalue weighted by molar-refractivity contribution is 0.506. The molecule has 0 aliphatic rings. The average molecular weight is 332 g/mol. The molecule has 2 aromatic heterocycles. The summed E-state index contributed by atoms with van der Waals surface area (Å²) >= 11 is 0. The first-order valence-corrected chi connectivity index (χ1v) is 7.74. The van der Waals surface area contributed by atoms with Crippen molar-refractivity contribution >= 4 is 22.9 Å². The third kappa shape index (κ3) is 3.27. The molecule has 3 rings (SSSR count). The Morgan fingerprint density at radius 1 is 1.21 bits per heavy atom. The van der Waals surface area contributed by atoms with E-state index in [9.17, 15) is 8.78 Å². The normalized spacial score (nSPS) is 11.1. The van der Waals surface area contributed by atoms with Gasteiger partial charge in [0.1, 0.15) is 5.52 Å². The van der Waals surface area contributed by atoms with E-state index < -0.39 is 11.6 Å². The molecule has 0 bridgehead atoms. The van der Waals surface area contributed by atoms with Crippen molar-refractivity contribution in [1.82, 2.24) is 19.5 Å². The van der Waals surface area contributed by atoms with Crippen molar-refractivity contribution in [3.8, 4) is 0 Å². The molecule has 0 aliphatic carbocycles. The van der Waals surface area contributed by atoms with E-state index in [-0.39, 0.29) is 5.82 Å². The SMILES string of the molecule is CCCCNc1nc(N)c2ncn(Cc3ccc(F)c(F)c3)c2n1. The topological polar surface area (TPSA) is 81.6 Å². The molecule has 0 unspecified atom stereocenters. The highest BCUT2D eigenvalue weighted by molar-refractivity contribution is 5.82. The lowest BCUT2D eigenvalue weighted by atomic mass is 10.2. The number of fused-ring (bicyclic) bond motifs is 1. The summed E-state index contributed by atoms with van der Waals surface area (Å²) < 4.78 is 28.1. The van der Waals surface area contributed by atoms with Crippen LogP contribution >= 0.6 is 0 Å². The molecule has 6 nitrogen and oxygen atoms in total. The van der Waals surface area contributed by atoms with E-state index >= 15 is 0 Å². The van der Waals surface area contributed by atoms with Crippen LogP contribution in [0.3, 0.4) is 0 Å². The third-order valence-corrected chi connectivity index (χ3v) is 3.64. The molecule has 24 heavy (non-hydrogen) atoms. The van der Waals surface area contributed by atoms with Gasteiger partial charge >= 0.3 is 0 Å². The highest BCUT2D eigenvalue weighted by Gasteiger charge is 2.12. The lowest BCUT2D eigenvalue weighted by Crippen LogP contribution is -2.08. The highest BCUT2D eigenvalue weighted by Crippen LogP contribution is 2.20. The third-order valence-electron chi connectivity index (χ3n) is 3.64. The number of imidazole rings is 1. The molecule has 0 spiro atoms. The van der Waals surface area contributed by atoms with Crippen molar-refractivity contribution in [2.24, 2.45) is 0 Å². The van der Waals surface area contributed by atoms with Crippen LogP contribution in [0.2, 0.25) is 0 Å². The van der Waals surface area contributed by atoms with E-state index in [1.54, 1.807) is 10.9 Å². The van der Waals surface area contributed by atoms with Crippen molar-refractivity contribution in [1.29, 1.82) is 0 Å². The maximum absolute atomic E-state index is 13.4. The lowest BCUT2D eigenvalue weighted by Gasteiger charge is -2.08. The van der Waals surface area contributed by atoms with Gasteiger partial charge in [0.15, 0.2) is 23.1 Å². The molecule has 3 aromatic rings. The number of aromatic nitrogens is 4. The summed E-state index contributed by atoms with van der Waals surface area (Å²) in [4.78, 5) is 12.8. The summed E-state index contributed by atoms with van der Waals surface area (Å²) in [6, 6.07) is 3.78. The maximum atomic E-state index is 13.4.